The standard InChI is InChI=1S/C15H24N2O2/c1-15(7-4-5-8-15)11-16-10-12-14(19-3)13(18-2)6-9-17-12/h6,9,16H,4-5,7-8,10-11H2,1-3H3. The molecule has 0 aliphatic heterocycles. The molecular formula is C15H24N2O2. The third-order valence-electron chi connectivity index (χ3n) is 4.02. The zero-order valence-corrected chi connectivity index (χ0v) is 12.2. The van der Waals surface area contributed by atoms with Gasteiger partial charge in [-0.05, 0) is 18.3 Å². The molecule has 1 fully saturated rings. The van der Waals surface area contributed by atoms with Crippen LogP contribution in [0.5, 0.6) is 11.5 Å². The zero-order chi connectivity index (χ0) is 13.7. The molecule has 0 bridgehead atoms. The molecule has 4 nitrogen and oxygen atoms in total. The predicted octanol–water partition coefficient (Wildman–Crippen LogP) is 2.77. The molecule has 0 unspecified atom stereocenters. The molecule has 1 aliphatic carbocycles. The van der Waals surface area contributed by atoms with E-state index in [0.717, 1.165) is 30.3 Å². The number of pyridine rings is 1. The first kappa shape index (κ1) is 14.1. The van der Waals surface area contributed by atoms with Gasteiger partial charge in [0, 0.05) is 25.4 Å². The molecule has 0 amide bonds. The number of nitrogens with zero attached hydrogens (tertiary/aromatic N) is 1. The van der Waals surface area contributed by atoms with Gasteiger partial charge in [-0.25, -0.2) is 0 Å². The number of aromatic nitrogens is 1. The summed E-state index contributed by atoms with van der Waals surface area (Å²) in [5, 5.41) is 3.51. The number of ether oxygens (including phenoxy) is 2. The van der Waals surface area contributed by atoms with Crippen molar-refractivity contribution in [3.63, 3.8) is 0 Å². The van der Waals surface area contributed by atoms with Crippen LogP contribution in [0.3, 0.4) is 0 Å². The van der Waals surface area contributed by atoms with Gasteiger partial charge in [-0.2, -0.15) is 0 Å². The summed E-state index contributed by atoms with van der Waals surface area (Å²) in [7, 11) is 3.30. The Kier molecular flexibility index (Phi) is 4.64. The van der Waals surface area contributed by atoms with Gasteiger partial charge in [0.1, 0.15) is 0 Å². The lowest BCUT2D eigenvalue weighted by molar-refractivity contribution is 0.310. The van der Waals surface area contributed by atoms with Crippen LogP contribution in [0.1, 0.15) is 38.3 Å². The molecular weight excluding hydrogens is 240 g/mol. The summed E-state index contributed by atoms with van der Waals surface area (Å²) in [6.07, 6.45) is 7.12. The fourth-order valence-corrected chi connectivity index (χ4v) is 2.86. The van der Waals surface area contributed by atoms with Gasteiger partial charge in [0.05, 0.1) is 19.9 Å². The quantitative estimate of drug-likeness (QED) is 0.858. The van der Waals surface area contributed by atoms with Crippen LogP contribution in [-0.4, -0.2) is 25.7 Å². The van der Waals surface area contributed by atoms with E-state index in [4.69, 9.17) is 9.47 Å². The molecule has 1 aromatic heterocycles. The lowest BCUT2D eigenvalue weighted by atomic mass is 9.89. The van der Waals surface area contributed by atoms with Gasteiger partial charge in [-0.1, -0.05) is 19.8 Å². The van der Waals surface area contributed by atoms with Crippen LogP contribution in [0.25, 0.3) is 0 Å². The van der Waals surface area contributed by atoms with Gasteiger partial charge in [-0.3, -0.25) is 4.98 Å². The highest BCUT2D eigenvalue weighted by atomic mass is 16.5. The van der Waals surface area contributed by atoms with Crippen molar-refractivity contribution in [2.24, 2.45) is 5.41 Å². The van der Waals surface area contributed by atoms with E-state index in [1.807, 2.05) is 6.07 Å². The summed E-state index contributed by atoms with van der Waals surface area (Å²) >= 11 is 0. The minimum atomic E-state index is 0.450. The molecule has 0 saturated heterocycles. The fraction of sp³-hybridized carbons (Fsp3) is 0.667. The van der Waals surface area contributed by atoms with E-state index in [9.17, 15) is 0 Å². The molecule has 0 radical (unpaired) electrons. The second-order valence-corrected chi connectivity index (χ2v) is 5.61. The van der Waals surface area contributed by atoms with Crippen molar-refractivity contribution in [2.75, 3.05) is 20.8 Å². The number of hydrogen-bond acceptors (Lipinski definition) is 4. The highest BCUT2D eigenvalue weighted by molar-refractivity contribution is 5.42. The maximum absolute atomic E-state index is 5.39. The van der Waals surface area contributed by atoms with Gasteiger partial charge in [0.25, 0.3) is 0 Å². The summed E-state index contributed by atoms with van der Waals surface area (Å²) in [6.45, 7) is 4.12. The van der Waals surface area contributed by atoms with Gasteiger partial charge < -0.3 is 14.8 Å². The smallest absolute Gasteiger partial charge is 0.183 e. The van der Waals surface area contributed by atoms with Crippen LogP contribution < -0.4 is 14.8 Å². The SMILES string of the molecule is COc1ccnc(CNCC2(C)CCCC2)c1OC. The first-order valence-electron chi connectivity index (χ1n) is 6.95. The Bertz CT molecular complexity index is 415. The lowest BCUT2D eigenvalue weighted by Gasteiger charge is -2.24. The summed E-state index contributed by atoms with van der Waals surface area (Å²) in [4.78, 5) is 4.38. The number of methoxy groups -OCH3 is 2. The average Bonchev–Trinajstić information content (AvgIpc) is 2.85. The topological polar surface area (TPSA) is 43.4 Å². The van der Waals surface area contributed by atoms with Gasteiger partial charge in [-0.15, -0.1) is 0 Å². The van der Waals surface area contributed by atoms with Crippen molar-refractivity contribution in [2.45, 2.75) is 39.2 Å². The predicted molar refractivity (Wildman–Crippen MR) is 75.6 cm³/mol. The summed E-state index contributed by atoms with van der Waals surface area (Å²) in [6, 6.07) is 1.82. The van der Waals surface area contributed by atoms with Crippen LogP contribution in [-0.2, 0) is 6.54 Å². The monoisotopic (exact) mass is 264 g/mol. The van der Waals surface area contributed by atoms with E-state index >= 15 is 0 Å². The minimum absolute atomic E-state index is 0.450. The maximum atomic E-state index is 5.39. The zero-order valence-electron chi connectivity index (χ0n) is 12.2. The maximum Gasteiger partial charge on any atom is 0.183 e. The van der Waals surface area contributed by atoms with Gasteiger partial charge in [0.15, 0.2) is 11.5 Å². The molecule has 4 heteroatoms. The number of nitrogens with one attached hydrogen (secondary N) is 1. The first-order valence-corrected chi connectivity index (χ1v) is 6.95. The van der Waals surface area contributed by atoms with Crippen LogP contribution >= 0.6 is 0 Å². The Labute approximate surface area is 115 Å². The van der Waals surface area contributed by atoms with Crippen LogP contribution in [0, 0.1) is 5.41 Å². The second kappa shape index (κ2) is 6.24. The van der Waals surface area contributed by atoms with Crippen molar-refractivity contribution in [1.29, 1.82) is 0 Å². The van der Waals surface area contributed by atoms with Gasteiger partial charge >= 0.3 is 0 Å². The molecule has 1 aromatic rings. The molecule has 106 valence electrons. The molecule has 2 rings (SSSR count). The Morgan fingerprint density at radius 3 is 2.63 bits per heavy atom. The van der Waals surface area contributed by atoms with Crippen molar-refractivity contribution < 1.29 is 9.47 Å². The summed E-state index contributed by atoms with van der Waals surface area (Å²) in [5.41, 5.74) is 1.36. The molecule has 19 heavy (non-hydrogen) atoms. The Morgan fingerprint density at radius 2 is 2.00 bits per heavy atom. The summed E-state index contributed by atoms with van der Waals surface area (Å²) in [5.74, 6) is 1.47. The number of rotatable bonds is 6. The van der Waals surface area contributed by atoms with E-state index < -0.39 is 0 Å². The third kappa shape index (κ3) is 3.38. The molecule has 1 heterocycles. The largest absolute Gasteiger partial charge is 0.493 e. The van der Waals surface area contributed by atoms with E-state index in [1.54, 1.807) is 20.4 Å². The van der Waals surface area contributed by atoms with E-state index in [-0.39, 0.29) is 0 Å². The molecule has 1 aliphatic rings. The number of hydrogen-bond donors (Lipinski definition) is 1. The highest BCUT2D eigenvalue weighted by Crippen LogP contribution is 2.37. The van der Waals surface area contributed by atoms with Crippen LogP contribution in [0.15, 0.2) is 12.3 Å². The lowest BCUT2D eigenvalue weighted by Crippen LogP contribution is -2.29. The molecule has 0 aromatic carbocycles. The summed E-state index contributed by atoms with van der Waals surface area (Å²) < 4.78 is 10.7. The Morgan fingerprint density at radius 1 is 1.26 bits per heavy atom. The Hall–Kier alpha value is -1.29. The van der Waals surface area contributed by atoms with Crippen molar-refractivity contribution in [3.8, 4) is 11.5 Å². The van der Waals surface area contributed by atoms with E-state index in [0.29, 0.717) is 5.41 Å². The second-order valence-electron chi connectivity index (χ2n) is 5.61. The fourth-order valence-electron chi connectivity index (χ4n) is 2.86. The van der Waals surface area contributed by atoms with Crippen molar-refractivity contribution >= 4 is 0 Å². The molecule has 1 saturated carbocycles. The molecule has 0 spiro atoms. The average molecular weight is 264 g/mol. The molecule has 1 N–H and O–H groups in total. The Balaban J connectivity index is 1.95. The third-order valence-corrected chi connectivity index (χ3v) is 4.02. The normalized spacial score (nSPS) is 17.4. The van der Waals surface area contributed by atoms with Crippen LogP contribution in [0.4, 0.5) is 0 Å². The molecule has 0 atom stereocenters. The highest BCUT2D eigenvalue weighted by Gasteiger charge is 2.28. The van der Waals surface area contributed by atoms with Crippen molar-refractivity contribution in [1.82, 2.24) is 10.3 Å². The van der Waals surface area contributed by atoms with Gasteiger partial charge in [0.2, 0.25) is 0 Å². The first-order chi connectivity index (χ1) is 9.18. The van der Waals surface area contributed by atoms with E-state index in [2.05, 4.69) is 17.2 Å². The van der Waals surface area contributed by atoms with Crippen LogP contribution in [0.2, 0.25) is 0 Å². The van der Waals surface area contributed by atoms with E-state index in [1.165, 1.54) is 25.7 Å². The minimum Gasteiger partial charge on any atom is -0.493 e. The van der Waals surface area contributed by atoms with Crippen molar-refractivity contribution in [3.05, 3.63) is 18.0 Å².